The summed E-state index contributed by atoms with van der Waals surface area (Å²) in [6.45, 7) is 2.40. The minimum atomic E-state index is -0.452. The van der Waals surface area contributed by atoms with E-state index in [0.29, 0.717) is 24.1 Å². The molecule has 0 bridgehead atoms. The number of fused-ring (bicyclic) bond motifs is 1. The van der Waals surface area contributed by atoms with E-state index in [1.807, 2.05) is 53.2 Å². The molecule has 1 fully saturated rings. The number of aromatic nitrogens is 4. The predicted molar refractivity (Wildman–Crippen MR) is 104 cm³/mol. The van der Waals surface area contributed by atoms with E-state index in [1.165, 1.54) is 5.56 Å². The van der Waals surface area contributed by atoms with E-state index in [9.17, 15) is 0 Å². The number of rotatable bonds is 5. The monoisotopic (exact) mass is 375 g/mol. The largest absolute Gasteiger partial charge is 0.486 e. The van der Waals surface area contributed by atoms with Crippen LogP contribution in [0.3, 0.4) is 0 Å². The highest BCUT2D eigenvalue weighted by atomic mass is 16.5. The Hall–Kier alpha value is -3.19. The lowest BCUT2D eigenvalue weighted by Gasteiger charge is -2.34. The number of para-hydroxylation sites is 1. The number of nitrogens with two attached hydrogens (primary N) is 1. The summed E-state index contributed by atoms with van der Waals surface area (Å²) in [7, 11) is 0. The fourth-order valence-electron chi connectivity index (χ4n) is 3.46. The van der Waals surface area contributed by atoms with Crippen molar-refractivity contribution in [3.05, 3.63) is 65.9 Å². The van der Waals surface area contributed by atoms with Crippen molar-refractivity contribution in [3.8, 4) is 17.2 Å². The van der Waals surface area contributed by atoms with E-state index in [2.05, 4.69) is 22.0 Å². The fourth-order valence-corrected chi connectivity index (χ4v) is 3.46. The molecule has 1 aromatic carbocycles. The van der Waals surface area contributed by atoms with E-state index in [1.54, 1.807) is 0 Å². The zero-order valence-corrected chi connectivity index (χ0v) is 15.6. The van der Waals surface area contributed by atoms with Crippen molar-refractivity contribution in [2.75, 3.05) is 0 Å². The Morgan fingerprint density at radius 2 is 2.00 bits per heavy atom. The van der Waals surface area contributed by atoms with Crippen LogP contribution in [0.4, 0.5) is 0 Å². The number of imidazole rings is 1. The molecule has 0 aliphatic heterocycles. The summed E-state index contributed by atoms with van der Waals surface area (Å²) in [5.74, 6) is 1.66. The van der Waals surface area contributed by atoms with E-state index >= 15 is 0 Å². The van der Waals surface area contributed by atoms with Gasteiger partial charge < -0.3 is 19.4 Å². The van der Waals surface area contributed by atoms with Gasteiger partial charge in [-0.1, -0.05) is 23.4 Å². The molecule has 3 aromatic heterocycles. The van der Waals surface area contributed by atoms with Gasteiger partial charge >= 0.3 is 0 Å². The number of benzene rings is 1. The van der Waals surface area contributed by atoms with E-state index < -0.39 is 5.54 Å². The number of ether oxygens (including phenoxy) is 1. The van der Waals surface area contributed by atoms with Gasteiger partial charge in [0.2, 0.25) is 0 Å². The fraction of sp³-hybridized carbons (Fsp3) is 0.286. The van der Waals surface area contributed by atoms with Crippen molar-refractivity contribution in [2.45, 2.75) is 38.3 Å². The average Bonchev–Trinajstić information content (AvgIpc) is 3.31. The van der Waals surface area contributed by atoms with Crippen LogP contribution in [-0.4, -0.2) is 19.5 Å². The summed E-state index contributed by atoms with van der Waals surface area (Å²) >= 11 is 0. The Balaban J connectivity index is 1.39. The van der Waals surface area contributed by atoms with Crippen LogP contribution in [0.25, 0.3) is 17.1 Å². The highest BCUT2D eigenvalue weighted by molar-refractivity contribution is 5.62. The van der Waals surface area contributed by atoms with Crippen molar-refractivity contribution in [1.29, 1.82) is 0 Å². The van der Waals surface area contributed by atoms with Gasteiger partial charge in [-0.2, -0.15) is 4.98 Å². The van der Waals surface area contributed by atoms with Gasteiger partial charge in [0.1, 0.15) is 18.0 Å². The predicted octanol–water partition coefficient (Wildman–Crippen LogP) is 3.61. The van der Waals surface area contributed by atoms with Crippen molar-refractivity contribution < 1.29 is 9.26 Å². The van der Waals surface area contributed by atoms with Crippen LogP contribution in [0.15, 0.2) is 53.3 Å². The third-order valence-corrected chi connectivity index (χ3v) is 5.26. The highest BCUT2D eigenvalue weighted by Gasteiger charge is 2.39. The van der Waals surface area contributed by atoms with E-state index in [0.717, 1.165) is 36.2 Å². The summed E-state index contributed by atoms with van der Waals surface area (Å²) in [5.41, 5.74) is 9.54. The third kappa shape index (κ3) is 2.93. The van der Waals surface area contributed by atoms with Crippen LogP contribution in [-0.2, 0) is 12.1 Å². The Morgan fingerprint density at radius 1 is 1.14 bits per heavy atom. The summed E-state index contributed by atoms with van der Waals surface area (Å²) in [6.07, 6.45) is 6.89. The molecule has 0 unspecified atom stereocenters. The maximum Gasteiger partial charge on any atom is 0.261 e. The van der Waals surface area contributed by atoms with Gasteiger partial charge in [-0.05, 0) is 49.9 Å². The first kappa shape index (κ1) is 16.9. The van der Waals surface area contributed by atoms with Gasteiger partial charge in [0.25, 0.3) is 5.89 Å². The first-order valence-electron chi connectivity index (χ1n) is 9.40. The van der Waals surface area contributed by atoms with E-state index in [-0.39, 0.29) is 0 Å². The van der Waals surface area contributed by atoms with Gasteiger partial charge in [0, 0.05) is 12.4 Å². The average molecular weight is 375 g/mol. The van der Waals surface area contributed by atoms with Crippen molar-refractivity contribution in [2.24, 2.45) is 5.73 Å². The molecule has 142 valence electrons. The highest BCUT2D eigenvalue weighted by Crippen LogP contribution is 2.38. The molecule has 0 saturated heterocycles. The second kappa shape index (κ2) is 6.45. The summed E-state index contributed by atoms with van der Waals surface area (Å²) in [4.78, 5) is 9.13. The molecule has 0 radical (unpaired) electrons. The molecule has 0 spiro atoms. The Labute approximate surface area is 162 Å². The maximum atomic E-state index is 6.31. The smallest absolute Gasteiger partial charge is 0.261 e. The normalized spacial score (nSPS) is 15.5. The number of pyridine rings is 1. The van der Waals surface area contributed by atoms with Gasteiger partial charge in [-0.3, -0.25) is 0 Å². The number of aryl methyl sites for hydroxylation is 1. The SMILES string of the molecule is Cc1ccc2nc(COc3ccccc3-c3nc(C4(N)CCC4)no3)cn2c1. The van der Waals surface area contributed by atoms with Crippen molar-refractivity contribution >= 4 is 5.65 Å². The Morgan fingerprint density at radius 3 is 2.82 bits per heavy atom. The molecule has 4 aromatic rings. The zero-order chi connectivity index (χ0) is 19.1. The minimum Gasteiger partial charge on any atom is -0.486 e. The molecule has 7 nitrogen and oxygen atoms in total. The molecule has 1 aliphatic rings. The standard InChI is InChI=1S/C21H21N5O2/c1-14-7-8-18-23-15(12-26(18)11-14)13-27-17-6-3-2-5-16(17)19-24-20(25-28-19)21(22)9-4-10-21/h2-3,5-8,11-12H,4,9-10,13,22H2,1H3. The lowest BCUT2D eigenvalue weighted by Crippen LogP contribution is -2.44. The van der Waals surface area contributed by atoms with Crippen molar-refractivity contribution in [3.63, 3.8) is 0 Å². The number of hydrogen-bond acceptors (Lipinski definition) is 6. The molecule has 2 N–H and O–H groups in total. The second-order valence-electron chi connectivity index (χ2n) is 7.42. The first-order chi connectivity index (χ1) is 13.6. The second-order valence-corrected chi connectivity index (χ2v) is 7.42. The summed E-state index contributed by atoms with van der Waals surface area (Å²) < 4.78 is 13.5. The zero-order valence-electron chi connectivity index (χ0n) is 15.6. The Kier molecular flexibility index (Phi) is 3.91. The molecule has 0 amide bonds. The van der Waals surface area contributed by atoms with E-state index in [4.69, 9.17) is 15.0 Å². The van der Waals surface area contributed by atoms with Gasteiger partial charge in [0.05, 0.1) is 16.8 Å². The summed E-state index contributed by atoms with van der Waals surface area (Å²) in [6, 6.07) is 11.7. The van der Waals surface area contributed by atoms with Crippen LogP contribution in [0.1, 0.15) is 36.3 Å². The van der Waals surface area contributed by atoms with Crippen LogP contribution in [0, 0.1) is 6.92 Å². The maximum absolute atomic E-state index is 6.31. The molecule has 28 heavy (non-hydrogen) atoms. The number of nitrogens with zero attached hydrogens (tertiary/aromatic N) is 4. The third-order valence-electron chi connectivity index (χ3n) is 5.26. The molecular formula is C21H21N5O2. The summed E-state index contributed by atoms with van der Waals surface area (Å²) in [5, 5.41) is 4.10. The lowest BCUT2D eigenvalue weighted by atomic mass is 9.77. The van der Waals surface area contributed by atoms with Crippen LogP contribution >= 0.6 is 0 Å². The van der Waals surface area contributed by atoms with Crippen LogP contribution < -0.4 is 10.5 Å². The minimum absolute atomic E-state index is 0.347. The molecule has 0 atom stereocenters. The van der Waals surface area contributed by atoms with Crippen LogP contribution in [0.5, 0.6) is 5.75 Å². The molecule has 3 heterocycles. The number of hydrogen-bond donors (Lipinski definition) is 1. The lowest BCUT2D eigenvalue weighted by molar-refractivity contribution is 0.229. The van der Waals surface area contributed by atoms with Gasteiger partial charge in [-0.25, -0.2) is 4.98 Å². The molecular weight excluding hydrogens is 354 g/mol. The topological polar surface area (TPSA) is 91.5 Å². The molecule has 1 aliphatic carbocycles. The molecule has 1 saturated carbocycles. The quantitative estimate of drug-likeness (QED) is 0.573. The van der Waals surface area contributed by atoms with Crippen molar-refractivity contribution in [1.82, 2.24) is 19.5 Å². The van der Waals surface area contributed by atoms with Gasteiger partial charge in [-0.15, -0.1) is 0 Å². The van der Waals surface area contributed by atoms with Gasteiger partial charge in [0.15, 0.2) is 5.82 Å². The molecule has 5 rings (SSSR count). The molecule has 7 heteroatoms. The van der Waals surface area contributed by atoms with Crippen LogP contribution in [0.2, 0.25) is 0 Å². The first-order valence-corrected chi connectivity index (χ1v) is 9.40. The Bertz CT molecular complexity index is 1140.